The van der Waals surface area contributed by atoms with Crippen molar-refractivity contribution in [3.05, 3.63) is 34.9 Å². The molecule has 0 aromatic heterocycles. The second kappa shape index (κ2) is 18.6. The lowest BCUT2D eigenvalue weighted by Gasteiger charge is -2.62. The fraction of sp³-hybridized carbons (Fsp3) is 0.744. The van der Waals surface area contributed by atoms with Gasteiger partial charge in [-0.25, -0.2) is 18.4 Å². The Morgan fingerprint density at radius 1 is 0.839 bits per heavy atom. The quantitative estimate of drug-likeness (QED) is 0.0808. The fourth-order valence-electron chi connectivity index (χ4n) is 10.2. The van der Waals surface area contributed by atoms with Gasteiger partial charge in [-0.1, -0.05) is 6.42 Å². The Bertz CT molecular complexity index is 1550. The number of halogens is 2. The van der Waals surface area contributed by atoms with Crippen molar-refractivity contribution in [1.29, 1.82) is 0 Å². The lowest BCUT2D eigenvalue weighted by molar-refractivity contribution is -0.132. The summed E-state index contributed by atoms with van der Waals surface area (Å²) in [5.74, 6) is 0.0510. The molecule has 56 heavy (non-hydrogen) atoms. The van der Waals surface area contributed by atoms with Gasteiger partial charge in [0.05, 0.1) is 58.3 Å². The topological polar surface area (TPSA) is 171 Å². The first-order valence-electron chi connectivity index (χ1n) is 20.3. The molecule has 6 fully saturated rings. The zero-order valence-electron chi connectivity index (χ0n) is 32.1. The predicted octanol–water partition coefficient (Wildman–Crippen LogP) is 2.68. The van der Waals surface area contributed by atoms with Gasteiger partial charge < -0.3 is 51.0 Å². The number of unbranched alkanes of at least 4 members (excludes halogenated alkanes) is 1. The molecule has 14 nitrogen and oxygen atoms in total. The molecule has 1 aromatic carbocycles. The molecule has 4 saturated carbocycles. The van der Waals surface area contributed by atoms with Gasteiger partial charge in [0.1, 0.15) is 0 Å². The van der Waals surface area contributed by atoms with Crippen LogP contribution in [0.25, 0.3) is 0 Å². The molecular formula is C39H57F2N7O7S. The van der Waals surface area contributed by atoms with E-state index in [9.17, 15) is 28.0 Å². The Hall–Kier alpha value is -3.25. The molecule has 0 radical (unpaired) electrons. The molecule has 17 heteroatoms. The molecule has 7 aliphatic rings. The number of carbonyl (C=O) groups excluding carboxylic acids is 4. The summed E-state index contributed by atoms with van der Waals surface area (Å²) in [4.78, 5) is 51.5. The van der Waals surface area contributed by atoms with Gasteiger partial charge in [-0.05, 0) is 86.5 Å². The number of benzene rings is 1. The lowest BCUT2D eigenvalue weighted by atomic mass is 9.50. The van der Waals surface area contributed by atoms with E-state index in [4.69, 9.17) is 14.2 Å². The van der Waals surface area contributed by atoms with E-state index in [1.807, 2.05) is 11.8 Å². The third kappa shape index (κ3) is 10.4. The lowest BCUT2D eigenvalue weighted by Crippen LogP contribution is -2.70. The van der Waals surface area contributed by atoms with Crippen LogP contribution in [-0.2, 0) is 36.9 Å². The number of nitrogens with zero attached hydrogens (tertiary/aromatic N) is 1. The van der Waals surface area contributed by atoms with Crippen molar-refractivity contribution < 1.29 is 42.2 Å². The standard InChI is InChI=1S/C39H57F2N7O7S/c40-29-14-27-21-48(22-28(27)15-30(29)41)34(50)20-44-38-16-25-13-26(17-38)19-39(18-25,24-38)47-36(51)43-6-8-54-10-12-55-11-9-53-7-5-42-33(49)4-2-1-3-32-35-31(23-56-32)45-37(52)46-35/h14-15,25-26,31-32,35,44H,1-13,16-24H2,(H,42,49)(H2,43,47,51)(H2,45,46,52). The molecule has 3 heterocycles. The number of thioether (sulfide) groups is 1. The maximum absolute atomic E-state index is 13.7. The Balaban J connectivity index is 0.682. The second-order valence-corrected chi connectivity index (χ2v) is 17.9. The minimum Gasteiger partial charge on any atom is -0.377 e. The third-order valence-electron chi connectivity index (χ3n) is 12.3. The first kappa shape index (κ1) is 40.9. The van der Waals surface area contributed by atoms with Crippen molar-refractivity contribution in [3.63, 3.8) is 0 Å². The van der Waals surface area contributed by atoms with E-state index in [1.54, 1.807) is 4.90 Å². The molecule has 5 unspecified atom stereocenters. The van der Waals surface area contributed by atoms with Crippen LogP contribution in [0.5, 0.6) is 0 Å². The molecule has 1 aromatic rings. The molecule has 6 N–H and O–H groups in total. The van der Waals surface area contributed by atoms with Gasteiger partial charge in [-0.15, -0.1) is 0 Å². The summed E-state index contributed by atoms with van der Waals surface area (Å²) in [5.41, 5.74) is 0.750. The number of rotatable bonds is 21. The van der Waals surface area contributed by atoms with Crippen molar-refractivity contribution in [3.8, 4) is 0 Å². The molecule has 6 amide bonds. The number of amides is 6. The van der Waals surface area contributed by atoms with Gasteiger partial charge in [-0.2, -0.15) is 11.8 Å². The maximum atomic E-state index is 13.7. The highest BCUT2D eigenvalue weighted by molar-refractivity contribution is 8.00. The number of urea groups is 2. The summed E-state index contributed by atoms with van der Waals surface area (Å²) >= 11 is 1.89. The van der Waals surface area contributed by atoms with Crippen molar-refractivity contribution >= 4 is 35.6 Å². The van der Waals surface area contributed by atoms with Gasteiger partial charge in [0, 0.05) is 54.7 Å². The number of fused-ring (bicyclic) bond motifs is 2. The van der Waals surface area contributed by atoms with Gasteiger partial charge >= 0.3 is 12.1 Å². The van der Waals surface area contributed by atoms with Gasteiger partial charge in [0.2, 0.25) is 11.8 Å². The molecule has 2 saturated heterocycles. The highest BCUT2D eigenvalue weighted by Gasteiger charge is 2.58. The molecule has 0 spiro atoms. The average molecular weight is 806 g/mol. The van der Waals surface area contributed by atoms with E-state index in [0.717, 1.165) is 63.5 Å². The van der Waals surface area contributed by atoms with Crippen molar-refractivity contribution in [1.82, 2.24) is 36.8 Å². The molecule has 5 atom stereocenters. The Morgan fingerprint density at radius 2 is 1.46 bits per heavy atom. The summed E-state index contributed by atoms with van der Waals surface area (Å²) in [6, 6.07) is 2.52. The van der Waals surface area contributed by atoms with Crippen molar-refractivity contribution in [2.45, 2.75) is 106 Å². The molecule has 3 aliphatic heterocycles. The number of hydrogen-bond donors (Lipinski definition) is 6. The van der Waals surface area contributed by atoms with Gasteiger partial charge in [0.25, 0.3) is 0 Å². The van der Waals surface area contributed by atoms with Crippen LogP contribution in [0.3, 0.4) is 0 Å². The Labute approximate surface area is 331 Å². The highest BCUT2D eigenvalue weighted by Crippen LogP contribution is 2.57. The highest BCUT2D eigenvalue weighted by atomic mass is 32.2. The average Bonchev–Trinajstić information content (AvgIpc) is 3.84. The normalized spacial score (nSPS) is 29.5. The summed E-state index contributed by atoms with van der Waals surface area (Å²) in [6.45, 7) is 3.92. The van der Waals surface area contributed by atoms with E-state index in [0.29, 0.717) is 87.4 Å². The van der Waals surface area contributed by atoms with E-state index in [1.165, 1.54) is 12.1 Å². The zero-order valence-corrected chi connectivity index (χ0v) is 32.9. The SMILES string of the molecule is O=C(CCCCC1SCC2NC(=O)NC21)NCCOCCOCCOCCNC(=O)NC12CC3CC(CC(NCC(=O)N4Cc5cc(F)c(F)cc5C4)(C3)C1)C2. The van der Waals surface area contributed by atoms with Crippen LogP contribution >= 0.6 is 11.8 Å². The minimum atomic E-state index is -0.893. The van der Waals surface area contributed by atoms with Crippen LogP contribution in [0.4, 0.5) is 18.4 Å². The van der Waals surface area contributed by atoms with Crippen molar-refractivity contribution in [2.24, 2.45) is 11.8 Å². The minimum absolute atomic E-state index is 0.0217. The zero-order chi connectivity index (χ0) is 39.1. The Morgan fingerprint density at radius 3 is 2.14 bits per heavy atom. The number of carbonyl (C=O) groups is 4. The van der Waals surface area contributed by atoms with Crippen LogP contribution in [0, 0.1) is 23.5 Å². The van der Waals surface area contributed by atoms with Crippen molar-refractivity contribution in [2.75, 3.05) is 65.0 Å². The fourth-order valence-corrected chi connectivity index (χ4v) is 11.8. The molecular weight excluding hydrogens is 749 g/mol. The number of hydrogen-bond acceptors (Lipinski definition) is 9. The van der Waals surface area contributed by atoms with E-state index < -0.39 is 11.6 Å². The summed E-state index contributed by atoms with van der Waals surface area (Å²) in [5, 5.41) is 19.1. The maximum Gasteiger partial charge on any atom is 0.315 e. The van der Waals surface area contributed by atoms with Crippen LogP contribution in [0.1, 0.15) is 75.3 Å². The van der Waals surface area contributed by atoms with Gasteiger partial charge in [0.15, 0.2) is 11.6 Å². The smallest absolute Gasteiger partial charge is 0.315 e. The molecule has 8 rings (SSSR count). The van der Waals surface area contributed by atoms with Gasteiger partial charge in [-0.3, -0.25) is 9.59 Å². The molecule has 4 aliphatic carbocycles. The largest absolute Gasteiger partial charge is 0.377 e. The number of ether oxygens (including phenoxy) is 3. The van der Waals surface area contributed by atoms with E-state index in [-0.39, 0.29) is 66.7 Å². The third-order valence-corrected chi connectivity index (χ3v) is 13.8. The summed E-state index contributed by atoms with van der Waals surface area (Å²) in [6.07, 6.45) is 8.98. The summed E-state index contributed by atoms with van der Waals surface area (Å²) < 4.78 is 44.2. The van der Waals surface area contributed by atoms with Crippen LogP contribution in [-0.4, -0.2) is 122 Å². The molecule has 310 valence electrons. The first-order valence-corrected chi connectivity index (χ1v) is 21.4. The second-order valence-electron chi connectivity index (χ2n) is 16.6. The summed E-state index contributed by atoms with van der Waals surface area (Å²) in [7, 11) is 0. The monoisotopic (exact) mass is 805 g/mol. The number of nitrogens with one attached hydrogen (secondary N) is 6. The van der Waals surface area contributed by atoms with Crippen LogP contribution in [0.15, 0.2) is 12.1 Å². The van der Waals surface area contributed by atoms with E-state index >= 15 is 0 Å². The predicted molar refractivity (Wildman–Crippen MR) is 205 cm³/mol. The van der Waals surface area contributed by atoms with E-state index in [2.05, 4.69) is 31.9 Å². The van der Waals surface area contributed by atoms with Crippen LogP contribution < -0.4 is 31.9 Å². The molecule has 4 bridgehead atoms. The van der Waals surface area contributed by atoms with Crippen LogP contribution in [0.2, 0.25) is 0 Å². The Kier molecular flexibility index (Phi) is 13.6. The first-order chi connectivity index (χ1) is 27.1.